The van der Waals surface area contributed by atoms with Gasteiger partial charge in [0.2, 0.25) is 5.91 Å². The summed E-state index contributed by atoms with van der Waals surface area (Å²) in [6.45, 7) is 2.32. The number of piperidine rings is 1. The molecule has 2 aromatic rings. The van der Waals surface area contributed by atoms with Gasteiger partial charge in [0.1, 0.15) is 0 Å². The summed E-state index contributed by atoms with van der Waals surface area (Å²) in [7, 11) is 0. The Kier molecular flexibility index (Phi) is 7.07. The van der Waals surface area contributed by atoms with Crippen LogP contribution in [0.3, 0.4) is 0 Å². The van der Waals surface area contributed by atoms with Crippen LogP contribution >= 0.6 is 15.9 Å². The summed E-state index contributed by atoms with van der Waals surface area (Å²) >= 11 is 3.36. The van der Waals surface area contributed by atoms with E-state index in [4.69, 9.17) is 0 Å². The molecule has 10 heteroatoms. The highest BCUT2D eigenvalue weighted by Gasteiger charge is 2.46. The van der Waals surface area contributed by atoms with Crippen molar-refractivity contribution in [3.63, 3.8) is 0 Å². The molecule has 188 valence electrons. The van der Waals surface area contributed by atoms with Crippen LogP contribution in [0, 0.1) is 5.41 Å². The Balaban J connectivity index is 1.32. The van der Waals surface area contributed by atoms with Gasteiger partial charge in [-0.2, -0.15) is 26.3 Å². The predicted molar refractivity (Wildman–Crippen MR) is 123 cm³/mol. The molecule has 0 N–H and O–H groups in total. The van der Waals surface area contributed by atoms with E-state index in [0.717, 1.165) is 35.0 Å². The van der Waals surface area contributed by atoms with Crippen molar-refractivity contribution in [3.05, 3.63) is 75.3 Å². The molecule has 0 aromatic heterocycles. The molecular formula is C25H23BrF6N2O. The largest absolute Gasteiger partial charge is 0.416 e. The fourth-order valence-corrected chi connectivity index (χ4v) is 4.90. The van der Waals surface area contributed by atoms with Gasteiger partial charge in [0, 0.05) is 35.6 Å². The van der Waals surface area contributed by atoms with E-state index in [1.807, 2.05) is 29.2 Å². The van der Waals surface area contributed by atoms with Gasteiger partial charge in [0.05, 0.1) is 11.1 Å². The number of carbonyl (C=O) groups excluding carboxylic acids is 1. The second kappa shape index (κ2) is 9.61. The molecule has 2 saturated heterocycles. The average Bonchev–Trinajstić information content (AvgIpc) is 2.76. The van der Waals surface area contributed by atoms with Gasteiger partial charge in [0.15, 0.2) is 0 Å². The average molecular weight is 561 g/mol. The molecule has 0 aliphatic carbocycles. The molecule has 35 heavy (non-hydrogen) atoms. The van der Waals surface area contributed by atoms with Gasteiger partial charge in [-0.25, -0.2) is 0 Å². The molecule has 2 aliphatic heterocycles. The second-order valence-electron chi connectivity index (χ2n) is 9.27. The SMILES string of the molecule is O=C(/C=C/c1ccc(Br)cc1)N1CC2(CCN(Cc3cc(C(F)(F)F)cc(C(F)(F)F)c3)CC2)C1. The molecule has 0 saturated carbocycles. The summed E-state index contributed by atoms with van der Waals surface area (Å²) < 4.78 is 79.7. The van der Waals surface area contributed by atoms with E-state index < -0.39 is 23.5 Å². The number of likely N-dealkylation sites (tertiary alicyclic amines) is 2. The smallest absolute Gasteiger partial charge is 0.338 e. The molecule has 2 heterocycles. The van der Waals surface area contributed by atoms with Crippen molar-refractivity contribution in [2.75, 3.05) is 26.2 Å². The molecular weight excluding hydrogens is 538 g/mol. The summed E-state index contributed by atoms with van der Waals surface area (Å²) in [4.78, 5) is 16.1. The minimum Gasteiger partial charge on any atom is -0.338 e. The molecule has 0 radical (unpaired) electrons. The number of alkyl halides is 6. The zero-order chi connectivity index (χ0) is 25.4. The van der Waals surface area contributed by atoms with Crippen molar-refractivity contribution < 1.29 is 31.1 Å². The van der Waals surface area contributed by atoms with Crippen molar-refractivity contribution in [2.45, 2.75) is 31.7 Å². The monoisotopic (exact) mass is 560 g/mol. The van der Waals surface area contributed by atoms with Gasteiger partial charge >= 0.3 is 12.4 Å². The van der Waals surface area contributed by atoms with E-state index in [1.165, 1.54) is 6.08 Å². The highest BCUT2D eigenvalue weighted by Crippen LogP contribution is 2.41. The van der Waals surface area contributed by atoms with Crippen LogP contribution in [-0.4, -0.2) is 41.9 Å². The number of amides is 1. The first-order valence-corrected chi connectivity index (χ1v) is 11.9. The second-order valence-corrected chi connectivity index (χ2v) is 10.2. The van der Waals surface area contributed by atoms with Gasteiger partial charge in [-0.05, 0) is 73.5 Å². The van der Waals surface area contributed by atoms with Crippen LogP contribution in [0.5, 0.6) is 0 Å². The van der Waals surface area contributed by atoms with Gasteiger partial charge in [-0.3, -0.25) is 9.69 Å². The summed E-state index contributed by atoms with van der Waals surface area (Å²) in [6, 6.07) is 9.30. The molecule has 0 bridgehead atoms. The van der Waals surface area contributed by atoms with E-state index in [-0.39, 0.29) is 29.5 Å². The first-order chi connectivity index (χ1) is 16.3. The first kappa shape index (κ1) is 25.8. The summed E-state index contributed by atoms with van der Waals surface area (Å²) in [6.07, 6.45) is -4.94. The van der Waals surface area contributed by atoms with Crippen LogP contribution in [0.2, 0.25) is 0 Å². The van der Waals surface area contributed by atoms with Crippen molar-refractivity contribution in [2.24, 2.45) is 5.41 Å². The Labute approximate surface area is 207 Å². The van der Waals surface area contributed by atoms with Crippen LogP contribution in [-0.2, 0) is 23.7 Å². The van der Waals surface area contributed by atoms with Crippen LogP contribution in [0.25, 0.3) is 6.08 Å². The van der Waals surface area contributed by atoms with Crippen LogP contribution in [0.1, 0.15) is 35.1 Å². The molecule has 0 atom stereocenters. The first-order valence-electron chi connectivity index (χ1n) is 11.1. The van der Waals surface area contributed by atoms with E-state index in [9.17, 15) is 31.1 Å². The van der Waals surface area contributed by atoms with Gasteiger partial charge in [-0.15, -0.1) is 0 Å². The van der Waals surface area contributed by atoms with Crippen molar-refractivity contribution in [1.82, 2.24) is 9.80 Å². The summed E-state index contributed by atoms with van der Waals surface area (Å²) in [5.74, 6) is -0.0791. The standard InChI is InChI=1S/C25H23BrF6N2O/c26-21-4-1-17(2-5-21)3-6-22(35)34-15-23(16-34)7-9-33(10-8-23)14-18-11-19(24(27,28)29)13-20(12-18)25(30,31)32/h1-6,11-13H,7-10,14-16H2/b6-3+. The maximum absolute atomic E-state index is 13.1. The number of carbonyl (C=O) groups is 1. The van der Waals surface area contributed by atoms with Gasteiger partial charge in [0.25, 0.3) is 0 Å². The lowest BCUT2D eigenvalue weighted by atomic mass is 9.72. The Hall–Kier alpha value is -2.33. The number of halogens is 7. The maximum atomic E-state index is 13.1. The minimum absolute atomic E-state index is 0.00778. The number of rotatable bonds is 4. The molecule has 1 spiro atoms. The molecule has 2 aromatic carbocycles. The maximum Gasteiger partial charge on any atom is 0.416 e. The predicted octanol–water partition coefficient (Wildman–Crippen LogP) is 6.62. The van der Waals surface area contributed by atoms with E-state index in [1.54, 1.807) is 11.0 Å². The van der Waals surface area contributed by atoms with Crippen molar-refractivity contribution >= 4 is 27.9 Å². The molecule has 0 unspecified atom stereocenters. The van der Waals surface area contributed by atoms with E-state index in [0.29, 0.717) is 26.2 Å². The fourth-order valence-electron chi connectivity index (χ4n) is 4.64. The third-order valence-electron chi connectivity index (χ3n) is 6.62. The minimum atomic E-state index is -4.85. The molecule has 2 fully saturated rings. The topological polar surface area (TPSA) is 23.6 Å². The van der Waals surface area contributed by atoms with Gasteiger partial charge in [-0.1, -0.05) is 28.1 Å². The number of nitrogens with zero attached hydrogens (tertiary/aromatic N) is 2. The van der Waals surface area contributed by atoms with Crippen molar-refractivity contribution in [3.8, 4) is 0 Å². The van der Waals surface area contributed by atoms with Crippen molar-refractivity contribution in [1.29, 1.82) is 0 Å². The van der Waals surface area contributed by atoms with Crippen LogP contribution < -0.4 is 0 Å². The lowest BCUT2D eigenvalue weighted by molar-refractivity contribution is -0.144. The normalized spacial score (nSPS) is 18.8. The summed E-state index contributed by atoms with van der Waals surface area (Å²) in [5.41, 5.74) is -1.72. The van der Waals surface area contributed by atoms with E-state index in [2.05, 4.69) is 15.9 Å². The lowest BCUT2D eigenvalue weighted by Gasteiger charge is -2.53. The quantitative estimate of drug-likeness (QED) is 0.310. The molecule has 2 aliphatic rings. The number of benzene rings is 2. The Bertz CT molecular complexity index is 1060. The molecule has 1 amide bonds. The number of hydrogen-bond donors (Lipinski definition) is 0. The third-order valence-corrected chi connectivity index (χ3v) is 7.15. The fraction of sp³-hybridized carbons (Fsp3) is 0.400. The molecule has 4 rings (SSSR count). The summed E-state index contributed by atoms with van der Waals surface area (Å²) in [5, 5.41) is 0. The zero-order valence-electron chi connectivity index (χ0n) is 18.6. The van der Waals surface area contributed by atoms with Crippen LogP contribution in [0.4, 0.5) is 26.3 Å². The molecule has 3 nitrogen and oxygen atoms in total. The van der Waals surface area contributed by atoms with Crippen LogP contribution in [0.15, 0.2) is 53.0 Å². The Morgan fingerprint density at radius 2 is 1.46 bits per heavy atom. The third kappa shape index (κ3) is 6.27. The van der Waals surface area contributed by atoms with Gasteiger partial charge < -0.3 is 4.90 Å². The Morgan fingerprint density at radius 1 is 0.914 bits per heavy atom. The lowest BCUT2D eigenvalue weighted by Crippen LogP contribution is -2.61. The zero-order valence-corrected chi connectivity index (χ0v) is 20.2. The Morgan fingerprint density at radius 3 is 1.97 bits per heavy atom. The highest BCUT2D eigenvalue weighted by atomic mass is 79.9. The highest BCUT2D eigenvalue weighted by molar-refractivity contribution is 9.10. The van der Waals surface area contributed by atoms with E-state index >= 15 is 0 Å². The number of hydrogen-bond acceptors (Lipinski definition) is 2.